The zero-order chi connectivity index (χ0) is 18.1. The third kappa shape index (κ3) is 3.83. The van der Waals surface area contributed by atoms with Crippen molar-refractivity contribution in [2.75, 3.05) is 6.67 Å². The Morgan fingerprint density at radius 3 is 2.58 bits per heavy atom. The van der Waals surface area contributed by atoms with Crippen LogP contribution in [0.1, 0.15) is 28.5 Å². The Hall–Kier alpha value is -1.76. The molecule has 0 aliphatic rings. The van der Waals surface area contributed by atoms with E-state index in [0.29, 0.717) is 20.9 Å². The number of benzene rings is 1. The van der Waals surface area contributed by atoms with Crippen molar-refractivity contribution in [1.82, 2.24) is 4.98 Å². The van der Waals surface area contributed by atoms with Gasteiger partial charge in [-0.2, -0.15) is 13.2 Å². The van der Waals surface area contributed by atoms with Crippen molar-refractivity contribution in [3.8, 4) is 0 Å². The second kappa shape index (κ2) is 7.01. The molecule has 0 saturated carbocycles. The second-order valence-corrected chi connectivity index (χ2v) is 6.34. The van der Waals surface area contributed by atoms with Crippen LogP contribution in [0.4, 0.5) is 17.6 Å². The number of nitrogens with zero attached hydrogens (tertiary/aromatic N) is 1. The van der Waals surface area contributed by atoms with Gasteiger partial charge in [0.1, 0.15) is 6.67 Å². The number of rotatable bonds is 4. The average molecular weight is 404 g/mol. The third-order valence-corrected chi connectivity index (χ3v) is 4.08. The van der Waals surface area contributed by atoms with E-state index < -0.39 is 24.2 Å². The maximum absolute atomic E-state index is 13.0. The highest BCUT2D eigenvalue weighted by molar-refractivity contribution is 9.10. The molecule has 0 unspecified atom stereocenters. The number of alkyl halides is 4. The highest BCUT2D eigenvalue weighted by Crippen LogP contribution is 2.31. The van der Waals surface area contributed by atoms with E-state index in [-0.39, 0.29) is 17.7 Å². The number of hydrogen-bond donors (Lipinski definition) is 0. The van der Waals surface area contributed by atoms with Crippen molar-refractivity contribution in [2.45, 2.75) is 26.4 Å². The van der Waals surface area contributed by atoms with Crippen LogP contribution in [-0.2, 0) is 6.42 Å². The van der Waals surface area contributed by atoms with Gasteiger partial charge in [0.15, 0.2) is 0 Å². The molecule has 0 N–H and O–H groups in total. The van der Waals surface area contributed by atoms with E-state index in [0.717, 1.165) is 0 Å². The van der Waals surface area contributed by atoms with Crippen LogP contribution >= 0.6 is 15.9 Å². The number of fused-ring (bicyclic) bond motifs is 1. The minimum atomic E-state index is -5.00. The van der Waals surface area contributed by atoms with Crippen LogP contribution < -0.4 is 0 Å². The Morgan fingerprint density at radius 2 is 2.00 bits per heavy atom. The van der Waals surface area contributed by atoms with Gasteiger partial charge in [0, 0.05) is 15.6 Å². The molecule has 0 atom stereocenters. The van der Waals surface area contributed by atoms with E-state index in [2.05, 4.69) is 20.9 Å². The number of Topliss-reactive ketones (excluding diaryl/α,β-unsaturated/α-hetero) is 1. The molecule has 7 heteroatoms. The summed E-state index contributed by atoms with van der Waals surface area (Å²) in [5.74, 6) is -1.93. The fourth-order valence-electron chi connectivity index (χ4n) is 2.42. The summed E-state index contributed by atoms with van der Waals surface area (Å²) < 4.78 is 52.2. The smallest absolute Gasteiger partial charge is 0.284 e. The molecular weight excluding hydrogens is 390 g/mol. The van der Waals surface area contributed by atoms with E-state index >= 15 is 0 Å². The van der Waals surface area contributed by atoms with Gasteiger partial charge in [0.2, 0.25) is 0 Å². The van der Waals surface area contributed by atoms with Gasteiger partial charge in [-0.25, -0.2) is 4.39 Å². The zero-order valence-corrected chi connectivity index (χ0v) is 14.6. The number of hydrogen-bond acceptors (Lipinski definition) is 2. The van der Waals surface area contributed by atoms with E-state index in [1.165, 1.54) is 19.9 Å². The fraction of sp³-hybridized carbons (Fsp3) is 0.294. The summed E-state index contributed by atoms with van der Waals surface area (Å²) in [6.45, 7) is 2.21. The fourth-order valence-corrected chi connectivity index (χ4v) is 2.78. The van der Waals surface area contributed by atoms with Crippen molar-refractivity contribution in [3.63, 3.8) is 0 Å². The normalized spacial score (nSPS) is 12.7. The van der Waals surface area contributed by atoms with E-state index in [1.54, 1.807) is 18.2 Å². The van der Waals surface area contributed by atoms with Gasteiger partial charge < -0.3 is 0 Å². The molecule has 128 valence electrons. The predicted octanol–water partition coefficient (Wildman–Crippen LogP) is 5.51. The van der Waals surface area contributed by atoms with Gasteiger partial charge in [-0.05, 0) is 49.6 Å². The van der Waals surface area contributed by atoms with Gasteiger partial charge >= 0.3 is 6.18 Å². The highest BCUT2D eigenvalue weighted by atomic mass is 79.9. The summed E-state index contributed by atoms with van der Waals surface area (Å²) in [4.78, 5) is 16.0. The molecule has 1 heterocycles. The molecule has 2 aromatic rings. The SMILES string of the molecule is C/C(=C\Cc1c(C(=O)C(F)(F)F)c(C)nc2ccc(Br)cc12)CF. The number of carbonyl (C=O) groups is 1. The molecular formula is C17H14BrF4NO. The third-order valence-electron chi connectivity index (χ3n) is 3.59. The molecule has 24 heavy (non-hydrogen) atoms. The lowest BCUT2D eigenvalue weighted by atomic mass is 9.94. The molecule has 2 rings (SSSR count). The molecule has 1 aromatic carbocycles. The lowest BCUT2D eigenvalue weighted by Gasteiger charge is -2.15. The number of pyridine rings is 1. The molecule has 0 aliphatic heterocycles. The van der Waals surface area contributed by atoms with Crippen molar-refractivity contribution in [1.29, 1.82) is 0 Å². The quantitative estimate of drug-likeness (QED) is 0.382. The summed E-state index contributed by atoms with van der Waals surface area (Å²) in [6, 6.07) is 4.98. The number of carbonyl (C=O) groups excluding carboxylic acids is 1. The summed E-state index contributed by atoms with van der Waals surface area (Å²) in [5.41, 5.74) is 0.618. The van der Waals surface area contributed by atoms with Gasteiger partial charge in [-0.3, -0.25) is 9.78 Å². The summed E-state index contributed by atoms with van der Waals surface area (Å²) in [7, 11) is 0. The van der Waals surface area contributed by atoms with E-state index in [1.807, 2.05) is 0 Å². The van der Waals surface area contributed by atoms with Gasteiger partial charge in [0.25, 0.3) is 5.78 Å². The zero-order valence-electron chi connectivity index (χ0n) is 13.0. The molecule has 0 amide bonds. The molecule has 0 aliphatic carbocycles. The Balaban J connectivity index is 2.79. The Bertz CT molecular complexity index is 827. The Morgan fingerprint density at radius 1 is 1.33 bits per heavy atom. The maximum atomic E-state index is 13.0. The Labute approximate surface area is 144 Å². The van der Waals surface area contributed by atoms with Gasteiger partial charge in [-0.1, -0.05) is 22.0 Å². The minimum absolute atomic E-state index is 0.00782. The number of halogens is 5. The minimum Gasteiger partial charge on any atom is -0.284 e. The molecule has 0 spiro atoms. The molecule has 0 saturated heterocycles. The number of aryl methyl sites for hydroxylation is 1. The van der Waals surface area contributed by atoms with Crippen molar-refractivity contribution >= 4 is 32.6 Å². The van der Waals surface area contributed by atoms with Crippen molar-refractivity contribution in [3.05, 3.63) is 51.1 Å². The van der Waals surface area contributed by atoms with Crippen LogP contribution in [0, 0.1) is 6.92 Å². The predicted molar refractivity (Wildman–Crippen MR) is 88.0 cm³/mol. The van der Waals surface area contributed by atoms with Crippen LogP contribution in [0.25, 0.3) is 10.9 Å². The first-order valence-electron chi connectivity index (χ1n) is 7.07. The average Bonchev–Trinajstić information content (AvgIpc) is 2.50. The van der Waals surface area contributed by atoms with Gasteiger partial charge in [0.05, 0.1) is 11.1 Å². The highest BCUT2D eigenvalue weighted by Gasteiger charge is 2.41. The molecule has 0 fully saturated rings. The van der Waals surface area contributed by atoms with Crippen LogP contribution in [0.3, 0.4) is 0 Å². The van der Waals surface area contributed by atoms with Crippen LogP contribution in [0.5, 0.6) is 0 Å². The van der Waals surface area contributed by atoms with Crippen LogP contribution in [-0.4, -0.2) is 23.6 Å². The number of aromatic nitrogens is 1. The first-order chi connectivity index (χ1) is 11.1. The van der Waals surface area contributed by atoms with Gasteiger partial charge in [-0.15, -0.1) is 0 Å². The van der Waals surface area contributed by atoms with Crippen LogP contribution in [0.2, 0.25) is 0 Å². The number of ketones is 1. The monoisotopic (exact) mass is 403 g/mol. The van der Waals surface area contributed by atoms with Crippen LogP contribution in [0.15, 0.2) is 34.3 Å². The lowest BCUT2D eigenvalue weighted by molar-refractivity contribution is -0.0886. The first-order valence-corrected chi connectivity index (χ1v) is 7.86. The topological polar surface area (TPSA) is 30.0 Å². The molecule has 2 nitrogen and oxygen atoms in total. The lowest BCUT2D eigenvalue weighted by Crippen LogP contribution is -2.25. The number of allylic oxidation sites excluding steroid dienone is 2. The molecule has 0 radical (unpaired) electrons. The van der Waals surface area contributed by atoms with E-state index in [9.17, 15) is 22.4 Å². The maximum Gasteiger partial charge on any atom is 0.454 e. The summed E-state index contributed by atoms with van der Waals surface area (Å²) in [5, 5.41) is 0.436. The largest absolute Gasteiger partial charge is 0.454 e. The summed E-state index contributed by atoms with van der Waals surface area (Å²) >= 11 is 3.27. The second-order valence-electron chi connectivity index (χ2n) is 5.43. The standard InChI is InChI=1S/C17H14BrF4NO/c1-9(8-19)3-5-12-13-7-11(18)4-6-14(13)23-10(2)15(12)16(24)17(20,21)22/h3-4,6-7H,5,8H2,1-2H3/b9-3+. The molecule has 1 aromatic heterocycles. The van der Waals surface area contributed by atoms with E-state index in [4.69, 9.17) is 0 Å². The van der Waals surface area contributed by atoms with Crippen molar-refractivity contribution in [2.24, 2.45) is 0 Å². The molecule has 0 bridgehead atoms. The first kappa shape index (κ1) is 18.6. The van der Waals surface area contributed by atoms with Crippen molar-refractivity contribution < 1.29 is 22.4 Å². The summed E-state index contributed by atoms with van der Waals surface area (Å²) in [6.07, 6.45) is -3.49. The Kier molecular flexibility index (Phi) is 5.42.